The molecule has 5 aromatic rings. The molecule has 0 bridgehead atoms. The lowest BCUT2D eigenvalue weighted by atomic mass is 10.2. The second-order valence-corrected chi connectivity index (χ2v) is 8.84. The van der Waals surface area contributed by atoms with E-state index in [1.165, 1.54) is 11.8 Å². The van der Waals surface area contributed by atoms with Gasteiger partial charge in [0.05, 0.1) is 12.3 Å². The van der Waals surface area contributed by atoms with Gasteiger partial charge in [0.25, 0.3) is 0 Å². The lowest BCUT2D eigenvalue weighted by Crippen LogP contribution is -2.14. The monoisotopic (exact) mass is 493 g/mol. The summed E-state index contributed by atoms with van der Waals surface area (Å²) >= 11 is 1.35. The number of anilines is 1. The van der Waals surface area contributed by atoms with E-state index in [1.807, 2.05) is 89.5 Å². The van der Waals surface area contributed by atoms with E-state index in [4.69, 9.17) is 4.74 Å². The number of hydrogen-bond acceptors (Lipinski definition) is 6. The van der Waals surface area contributed by atoms with E-state index in [9.17, 15) is 4.79 Å². The van der Waals surface area contributed by atoms with E-state index in [2.05, 4.69) is 32.6 Å². The summed E-state index contributed by atoms with van der Waals surface area (Å²) in [6.45, 7) is 0.588. The number of hydrogen-bond donors (Lipinski definition) is 1. The summed E-state index contributed by atoms with van der Waals surface area (Å²) in [6.07, 6.45) is 3.49. The molecule has 0 aliphatic rings. The summed E-state index contributed by atoms with van der Waals surface area (Å²) in [4.78, 5) is 16.9. The number of ether oxygens (including phenoxy) is 1. The van der Waals surface area contributed by atoms with E-state index in [-0.39, 0.29) is 11.7 Å². The Morgan fingerprint density at radius 3 is 2.28 bits per heavy atom. The van der Waals surface area contributed by atoms with Crippen molar-refractivity contribution in [3.05, 3.63) is 115 Å². The van der Waals surface area contributed by atoms with Crippen LogP contribution in [0.15, 0.2) is 115 Å². The number of rotatable bonds is 9. The van der Waals surface area contributed by atoms with E-state index in [1.54, 1.807) is 12.4 Å². The molecule has 7 nitrogen and oxygen atoms in total. The first-order valence-corrected chi connectivity index (χ1v) is 12.4. The van der Waals surface area contributed by atoms with Crippen LogP contribution in [0.25, 0.3) is 11.4 Å². The van der Waals surface area contributed by atoms with Gasteiger partial charge in [0.2, 0.25) is 5.91 Å². The van der Waals surface area contributed by atoms with Crippen molar-refractivity contribution in [2.24, 2.45) is 0 Å². The van der Waals surface area contributed by atoms with Crippen molar-refractivity contribution < 1.29 is 9.53 Å². The Morgan fingerprint density at radius 2 is 1.56 bits per heavy atom. The summed E-state index contributed by atoms with van der Waals surface area (Å²) in [5, 5.41) is 12.4. The van der Waals surface area contributed by atoms with Crippen molar-refractivity contribution in [1.29, 1.82) is 0 Å². The molecule has 2 aromatic heterocycles. The molecule has 178 valence electrons. The van der Waals surface area contributed by atoms with Crippen molar-refractivity contribution in [1.82, 2.24) is 19.7 Å². The molecule has 0 spiro atoms. The molecule has 36 heavy (non-hydrogen) atoms. The molecule has 8 heteroatoms. The Labute approximate surface area is 213 Å². The number of carbonyl (C=O) groups excluding carboxylic acids is 1. The van der Waals surface area contributed by atoms with Crippen LogP contribution in [0.5, 0.6) is 11.5 Å². The number of aromatic nitrogens is 4. The maximum atomic E-state index is 12.7. The number of carbonyl (C=O) groups is 1. The predicted octanol–water partition coefficient (Wildman–Crippen LogP) is 5.91. The Bertz CT molecular complexity index is 1410. The molecule has 3 aromatic carbocycles. The van der Waals surface area contributed by atoms with Gasteiger partial charge >= 0.3 is 0 Å². The summed E-state index contributed by atoms with van der Waals surface area (Å²) < 4.78 is 7.82. The average Bonchev–Trinajstić information content (AvgIpc) is 3.32. The molecule has 0 unspecified atom stereocenters. The van der Waals surface area contributed by atoms with Gasteiger partial charge in [-0.3, -0.25) is 14.3 Å². The Balaban J connectivity index is 1.25. The first kappa shape index (κ1) is 23.3. The topological polar surface area (TPSA) is 81.9 Å². The number of nitrogens with one attached hydrogen (secondary N) is 1. The van der Waals surface area contributed by atoms with Gasteiger partial charge in [-0.15, -0.1) is 10.2 Å². The van der Waals surface area contributed by atoms with E-state index < -0.39 is 0 Å². The first-order chi connectivity index (χ1) is 17.7. The van der Waals surface area contributed by atoms with Crippen molar-refractivity contribution in [3.8, 4) is 22.9 Å². The second-order valence-electron chi connectivity index (χ2n) is 7.90. The molecule has 1 N–H and O–H groups in total. The zero-order valence-electron chi connectivity index (χ0n) is 19.3. The number of nitrogens with zero attached hydrogens (tertiary/aromatic N) is 4. The quantitative estimate of drug-likeness (QED) is 0.257. The minimum Gasteiger partial charge on any atom is -0.457 e. The van der Waals surface area contributed by atoms with Crippen LogP contribution in [0.2, 0.25) is 0 Å². The number of thioether (sulfide) groups is 1. The molecule has 1 amide bonds. The molecule has 0 radical (unpaired) electrons. The summed E-state index contributed by atoms with van der Waals surface area (Å²) in [7, 11) is 0. The molecule has 5 rings (SSSR count). The maximum absolute atomic E-state index is 12.7. The predicted molar refractivity (Wildman–Crippen MR) is 141 cm³/mol. The van der Waals surface area contributed by atoms with Gasteiger partial charge in [0.1, 0.15) is 11.5 Å². The number of benzene rings is 3. The van der Waals surface area contributed by atoms with Crippen molar-refractivity contribution in [2.45, 2.75) is 11.7 Å². The van der Waals surface area contributed by atoms with Gasteiger partial charge in [0.15, 0.2) is 11.0 Å². The highest BCUT2D eigenvalue weighted by Crippen LogP contribution is 2.26. The lowest BCUT2D eigenvalue weighted by molar-refractivity contribution is -0.113. The zero-order chi connectivity index (χ0) is 24.6. The third-order valence-corrected chi connectivity index (χ3v) is 6.24. The molecule has 0 aliphatic heterocycles. The first-order valence-electron chi connectivity index (χ1n) is 11.4. The Hall–Kier alpha value is -4.43. The highest BCUT2D eigenvalue weighted by molar-refractivity contribution is 7.99. The minimum atomic E-state index is -0.131. The molecule has 0 aliphatic carbocycles. The standard InChI is InChI=1S/C28H23N5O2S/c34-26(30-23-13-15-25(16-14-23)35-24-11-5-2-6-12-24)20-36-28-32-31-27(22-10-7-17-29-18-22)33(28)19-21-8-3-1-4-9-21/h1-18H,19-20H2,(H,30,34). The Kier molecular flexibility index (Phi) is 7.34. The summed E-state index contributed by atoms with van der Waals surface area (Å²) in [5.74, 6) is 2.24. The smallest absolute Gasteiger partial charge is 0.234 e. The van der Waals surface area contributed by atoms with Gasteiger partial charge in [-0.1, -0.05) is 60.3 Å². The van der Waals surface area contributed by atoms with Crippen LogP contribution < -0.4 is 10.1 Å². The maximum Gasteiger partial charge on any atom is 0.234 e. The van der Waals surface area contributed by atoms with Gasteiger partial charge in [-0.2, -0.15) is 0 Å². The fraction of sp³-hybridized carbons (Fsp3) is 0.0714. The van der Waals surface area contributed by atoms with Crippen LogP contribution >= 0.6 is 11.8 Å². The largest absolute Gasteiger partial charge is 0.457 e. The SMILES string of the molecule is O=C(CSc1nnc(-c2cccnc2)n1Cc1ccccc1)Nc1ccc(Oc2ccccc2)cc1. The second kappa shape index (κ2) is 11.3. The molecule has 0 saturated heterocycles. The van der Waals surface area contributed by atoms with Gasteiger partial charge in [-0.05, 0) is 54.1 Å². The molecule has 0 atom stereocenters. The van der Waals surface area contributed by atoms with Crippen molar-refractivity contribution in [3.63, 3.8) is 0 Å². The highest BCUT2D eigenvalue weighted by Gasteiger charge is 2.16. The summed E-state index contributed by atoms with van der Waals surface area (Å²) in [6, 6.07) is 30.8. The zero-order valence-corrected chi connectivity index (χ0v) is 20.1. The fourth-order valence-electron chi connectivity index (χ4n) is 3.57. The molecular weight excluding hydrogens is 470 g/mol. The van der Waals surface area contributed by atoms with Crippen LogP contribution in [-0.4, -0.2) is 31.4 Å². The number of para-hydroxylation sites is 1. The lowest BCUT2D eigenvalue weighted by Gasteiger charge is -2.11. The van der Waals surface area contributed by atoms with E-state index in [0.29, 0.717) is 29.0 Å². The third-order valence-electron chi connectivity index (χ3n) is 5.27. The van der Waals surface area contributed by atoms with E-state index >= 15 is 0 Å². The average molecular weight is 494 g/mol. The van der Waals surface area contributed by atoms with Gasteiger partial charge in [0, 0.05) is 23.6 Å². The number of pyridine rings is 1. The molecule has 2 heterocycles. The van der Waals surface area contributed by atoms with Crippen LogP contribution in [0, 0.1) is 0 Å². The minimum absolute atomic E-state index is 0.131. The molecule has 0 saturated carbocycles. The van der Waals surface area contributed by atoms with Crippen LogP contribution in [0.1, 0.15) is 5.56 Å². The van der Waals surface area contributed by atoms with Crippen molar-refractivity contribution in [2.75, 3.05) is 11.1 Å². The van der Waals surface area contributed by atoms with Crippen molar-refractivity contribution >= 4 is 23.4 Å². The van der Waals surface area contributed by atoms with Crippen LogP contribution in [0.4, 0.5) is 5.69 Å². The molecule has 0 fully saturated rings. The van der Waals surface area contributed by atoms with Gasteiger partial charge < -0.3 is 10.1 Å². The van der Waals surface area contributed by atoms with Gasteiger partial charge in [-0.25, -0.2) is 0 Å². The Morgan fingerprint density at radius 1 is 0.833 bits per heavy atom. The van der Waals surface area contributed by atoms with Crippen LogP contribution in [-0.2, 0) is 11.3 Å². The van der Waals surface area contributed by atoms with E-state index in [0.717, 1.165) is 16.9 Å². The fourth-order valence-corrected chi connectivity index (χ4v) is 4.31. The number of amides is 1. The third kappa shape index (κ3) is 5.97. The van der Waals surface area contributed by atoms with Crippen LogP contribution in [0.3, 0.4) is 0 Å². The molecular formula is C28H23N5O2S. The highest BCUT2D eigenvalue weighted by atomic mass is 32.2. The normalized spacial score (nSPS) is 10.7. The summed E-state index contributed by atoms with van der Waals surface area (Å²) in [5.41, 5.74) is 2.68.